The molecule has 2 atom stereocenters. The highest BCUT2D eigenvalue weighted by atomic mass is 16.5. The summed E-state index contributed by atoms with van der Waals surface area (Å²) >= 11 is 0. The number of hydrogen-bond acceptors (Lipinski definition) is 5. The highest BCUT2D eigenvalue weighted by Gasteiger charge is 2.26. The number of nitrogens with one attached hydrogen (secondary N) is 2. The van der Waals surface area contributed by atoms with Crippen molar-refractivity contribution in [3.8, 4) is 11.5 Å². The van der Waals surface area contributed by atoms with Crippen LogP contribution >= 0.6 is 0 Å². The lowest BCUT2D eigenvalue weighted by molar-refractivity contribution is 0.210. The summed E-state index contributed by atoms with van der Waals surface area (Å²) in [6, 6.07) is 16.5. The molecule has 2 aromatic carbocycles. The molecule has 4 rings (SSSR count). The van der Waals surface area contributed by atoms with Crippen LogP contribution in [-0.2, 0) is 0 Å². The van der Waals surface area contributed by atoms with Crippen molar-refractivity contribution in [2.75, 3.05) is 53.5 Å². The number of benzene rings is 2. The molecule has 2 N–H and O–H groups in total. The zero-order chi connectivity index (χ0) is 23.8. The zero-order valence-electron chi connectivity index (χ0n) is 20.5. The number of ether oxygens (including phenoxy) is 2. The maximum Gasteiger partial charge on any atom is 0.314 e. The summed E-state index contributed by atoms with van der Waals surface area (Å²) in [6.45, 7) is 5.34. The van der Waals surface area contributed by atoms with E-state index in [2.05, 4.69) is 44.7 Å². The minimum absolute atomic E-state index is 0.126. The first-order chi connectivity index (χ1) is 16.7. The van der Waals surface area contributed by atoms with Gasteiger partial charge in [0.2, 0.25) is 0 Å². The molecule has 2 aromatic rings. The third-order valence-corrected chi connectivity index (χ3v) is 7.03. The Labute approximate surface area is 203 Å². The van der Waals surface area contributed by atoms with Crippen molar-refractivity contribution in [2.45, 2.75) is 37.8 Å². The summed E-state index contributed by atoms with van der Waals surface area (Å²) in [6.07, 6.45) is 4.80. The molecule has 2 amide bonds. The molecule has 2 aliphatic rings. The number of carbonyl (C=O) groups is 1. The summed E-state index contributed by atoms with van der Waals surface area (Å²) in [5, 5.41) is 6.28. The fourth-order valence-electron chi connectivity index (χ4n) is 5.16. The Hall–Kier alpha value is -2.77. The molecule has 2 unspecified atom stereocenters. The Morgan fingerprint density at radius 1 is 0.765 bits per heavy atom. The van der Waals surface area contributed by atoms with Crippen molar-refractivity contribution in [3.05, 3.63) is 59.7 Å². The van der Waals surface area contributed by atoms with Crippen LogP contribution in [0.5, 0.6) is 11.5 Å². The smallest absolute Gasteiger partial charge is 0.314 e. The number of urea groups is 1. The van der Waals surface area contributed by atoms with Crippen molar-refractivity contribution < 1.29 is 14.3 Å². The van der Waals surface area contributed by atoms with Gasteiger partial charge in [-0.2, -0.15) is 0 Å². The van der Waals surface area contributed by atoms with E-state index in [1.807, 2.05) is 24.3 Å². The van der Waals surface area contributed by atoms with Crippen LogP contribution in [0.4, 0.5) is 4.79 Å². The second-order valence-corrected chi connectivity index (χ2v) is 9.16. The molecule has 2 heterocycles. The van der Waals surface area contributed by atoms with Gasteiger partial charge in [0, 0.05) is 13.1 Å². The van der Waals surface area contributed by atoms with Crippen LogP contribution in [0.25, 0.3) is 0 Å². The minimum Gasteiger partial charge on any atom is -0.497 e. The summed E-state index contributed by atoms with van der Waals surface area (Å²) in [4.78, 5) is 17.8. The number of nitrogens with zero attached hydrogens (tertiary/aromatic N) is 2. The van der Waals surface area contributed by atoms with Gasteiger partial charge in [-0.25, -0.2) is 4.79 Å². The first kappa shape index (κ1) is 24.4. The number of rotatable bonds is 10. The third-order valence-electron chi connectivity index (χ3n) is 7.03. The van der Waals surface area contributed by atoms with Gasteiger partial charge in [0.1, 0.15) is 11.5 Å². The molecule has 7 nitrogen and oxygen atoms in total. The first-order valence-corrected chi connectivity index (χ1v) is 12.5. The van der Waals surface area contributed by atoms with Gasteiger partial charge in [0.25, 0.3) is 0 Å². The van der Waals surface area contributed by atoms with E-state index in [0.717, 1.165) is 37.7 Å². The maximum absolute atomic E-state index is 12.9. The van der Waals surface area contributed by atoms with E-state index in [0.29, 0.717) is 13.1 Å². The molecule has 34 heavy (non-hydrogen) atoms. The van der Waals surface area contributed by atoms with Crippen molar-refractivity contribution in [2.24, 2.45) is 0 Å². The van der Waals surface area contributed by atoms with E-state index in [4.69, 9.17) is 9.47 Å². The molecule has 0 saturated carbocycles. The molecule has 2 aliphatic heterocycles. The highest BCUT2D eigenvalue weighted by molar-refractivity contribution is 5.74. The van der Waals surface area contributed by atoms with Crippen molar-refractivity contribution >= 4 is 6.03 Å². The molecular formula is C27H38N4O3. The highest BCUT2D eigenvalue weighted by Crippen LogP contribution is 2.28. The molecule has 2 fully saturated rings. The summed E-state index contributed by atoms with van der Waals surface area (Å²) < 4.78 is 10.9. The molecule has 0 spiro atoms. The fourth-order valence-corrected chi connectivity index (χ4v) is 5.16. The molecular weight excluding hydrogens is 428 g/mol. The normalized spacial score (nSPS) is 18.4. The van der Waals surface area contributed by atoms with E-state index in [1.54, 1.807) is 14.2 Å². The van der Waals surface area contributed by atoms with Crippen molar-refractivity contribution in [1.82, 2.24) is 20.4 Å². The second kappa shape index (κ2) is 12.1. The lowest BCUT2D eigenvalue weighted by atomic mass is 10.0. The predicted octanol–water partition coefficient (Wildman–Crippen LogP) is 3.98. The van der Waals surface area contributed by atoms with Gasteiger partial charge in [0.05, 0.1) is 26.3 Å². The molecule has 0 aromatic heterocycles. The predicted molar refractivity (Wildman–Crippen MR) is 134 cm³/mol. The Morgan fingerprint density at radius 2 is 1.18 bits per heavy atom. The Balaban J connectivity index is 1.39. The van der Waals surface area contributed by atoms with Gasteiger partial charge in [-0.05, 0) is 87.3 Å². The van der Waals surface area contributed by atoms with Crippen LogP contribution in [0.3, 0.4) is 0 Å². The van der Waals surface area contributed by atoms with Crippen LogP contribution in [0, 0.1) is 0 Å². The number of amides is 2. The molecule has 184 valence electrons. The number of methoxy groups -OCH3 is 2. The van der Waals surface area contributed by atoms with Gasteiger partial charge in [-0.1, -0.05) is 24.3 Å². The monoisotopic (exact) mass is 466 g/mol. The van der Waals surface area contributed by atoms with Crippen molar-refractivity contribution in [1.29, 1.82) is 0 Å². The molecule has 0 aliphatic carbocycles. The fraction of sp³-hybridized carbons (Fsp3) is 0.519. The Bertz CT molecular complexity index is 852. The molecule has 0 bridgehead atoms. The van der Waals surface area contributed by atoms with Gasteiger partial charge >= 0.3 is 6.03 Å². The van der Waals surface area contributed by atoms with E-state index in [1.165, 1.54) is 36.8 Å². The number of likely N-dealkylation sites (tertiary alicyclic amines) is 2. The lowest BCUT2D eigenvalue weighted by Gasteiger charge is -2.30. The van der Waals surface area contributed by atoms with E-state index < -0.39 is 0 Å². The van der Waals surface area contributed by atoms with Crippen LogP contribution in [0.1, 0.15) is 48.9 Å². The number of hydrogen-bond donors (Lipinski definition) is 2. The topological polar surface area (TPSA) is 66.1 Å². The summed E-state index contributed by atoms with van der Waals surface area (Å²) in [7, 11) is 3.38. The summed E-state index contributed by atoms with van der Waals surface area (Å²) in [5.41, 5.74) is 2.35. The van der Waals surface area contributed by atoms with Crippen LogP contribution in [0.2, 0.25) is 0 Å². The first-order valence-electron chi connectivity index (χ1n) is 12.5. The van der Waals surface area contributed by atoms with Crippen LogP contribution in [0.15, 0.2) is 48.5 Å². The van der Waals surface area contributed by atoms with Gasteiger partial charge in [0.15, 0.2) is 0 Å². The SMILES string of the molecule is COc1cccc(C(CNC(=O)NCC(c2cccc(OC)c2)N2CCCC2)N2CCCC2)c1. The molecule has 2 saturated heterocycles. The number of carbonyl (C=O) groups excluding carboxylic acids is 1. The minimum atomic E-state index is -0.126. The lowest BCUT2D eigenvalue weighted by Crippen LogP contribution is -2.44. The van der Waals surface area contributed by atoms with Crippen LogP contribution in [-0.4, -0.2) is 69.3 Å². The van der Waals surface area contributed by atoms with Gasteiger partial charge < -0.3 is 20.1 Å². The Morgan fingerprint density at radius 3 is 1.56 bits per heavy atom. The van der Waals surface area contributed by atoms with Gasteiger partial charge in [-0.15, -0.1) is 0 Å². The van der Waals surface area contributed by atoms with E-state index in [9.17, 15) is 4.79 Å². The molecule has 7 heteroatoms. The van der Waals surface area contributed by atoms with Gasteiger partial charge in [-0.3, -0.25) is 9.80 Å². The van der Waals surface area contributed by atoms with E-state index >= 15 is 0 Å². The van der Waals surface area contributed by atoms with Crippen LogP contribution < -0.4 is 20.1 Å². The second-order valence-electron chi connectivity index (χ2n) is 9.16. The van der Waals surface area contributed by atoms with Crippen molar-refractivity contribution in [3.63, 3.8) is 0 Å². The zero-order valence-corrected chi connectivity index (χ0v) is 20.5. The Kier molecular flexibility index (Phi) is 8.66. The standard InChI is InChI=1S/C27H38N4O3/c1-33-23-11-7-9-21(17-23)25(30-13-3-4-14-30)19-28-27(32)29-20-26(31-15-5-6-16-31)22-10-8-12-24(18-22)34-2/h7-12,17-18,25-26H,3-6,13-16,19-20H2,1-2H3,(H2,28,29,32). The third kappa shape index (κ3) is 6.21. The largest absolute Gasteiger partial charge is 0.497 e. The maximum atomic E-state index is 12.9. The summed E-state index contributed by atoms with van der Waals surface area (Å²) in [5.74, 6) is 1.69. The average Bonchev–Trinajstić information content (AvgIpc) is 3.60. The quantitative estimate of drug-likeness (QED) is 0.555. The molecule has 0 radical (unpaired) electrons. The average molecular weight is 467 g/mol. The van der Waals surface area contributed by atoms with E-state index in [-0.39, 0.29) is 18.1 Å².